The molecule has 1 aliphatic rings. The van der Waals surface area contributed by atoms with Gasteiger partial charge in [0.25, 0.3) is 0 Å². The van der Waals surface area contributed by atoms with Crippen molar-refractivity contribution in [2.24, 2.45) is 0 Å². The Hall–Kier alpha value is -1.58. The molecule has 3 nitrogen and oxygen atoms in total. The van der Waals surface area contributed by atoms with Crippen LogP contribution in [0.25, 0.3) is 0 Å². The van der Waals surface area contributed by atoms with Crippen LogP contribution in [-0.4, -0.2) is 18.2 Å². The topological polar surface area (TPSA) is 46.5 Å². The third-order valence-electron chi connectivity index (χ3n) is 3.68. The summed E-state index contributed by atoms with van der Waals surface area (Å²) in [5, 5.41) is 9.37. The smallest absolute Gasteiger partial charge is 0.314 e. The van der Waals surface area contributed by atoms with Gasteiger partial charge in [-0.1, -0.05) is 12.5 Å². The van der Waals surface area contributed by atoms with Crippen molar-refractivity contribution in [1.29, 1.82) is 0 Å². The highest BCUT2D eigenvalue weighted by Gasteiger charge is 2.48. The van der Waals surface area contributed by atoms with Gasteiger partial charge in [-0.05, 0) is 25.8 Å². The summed E-state index contributed by atoms with van der Waals surface area (Å²) in [4.78, 5) is 11.4. The van der Waals surface area contributed by atoms with Crippen LogP contribution in [0.2, 0.25) is 0 Å². The molecule has 1 fully saturated rings. The lowest BCUT2D eigenvalue weighted by Crippen LogP contribution is -2.42. The van der Waals surface area contributed by atoms with Gasteiger partial charge in [0.2, 0.25) is 0 Å². The fourth-order valence-corrected chi connectivity index (χ4v) is 2.44. The predicted molar refractivity (Wildman–Crippen MR) is 60.9 cm³/mol. The van der Waals surface area contributed by atoms with Crippen LogP contribution >= 0.6 is 0 Å². The summed E-state index contributed by atoms with van der Waals surface area (Å²) in [6, 6.07) is 2.85. The maximum absolute atomic E-state index is 13.4. The van der Waals surface area contributed by atoms with Gasteiger partial charge in [-0.2, -0.15) is 0 Å². The number of carboxylic acids is 1. The van der Waals surface area contributed by atoms with Crippen LogP contribution in [0.15, 0.2) is 12.1 Å². The van der Waals surface area contributed by atoms with Gasteiger partial charge >= 0.3 is 5.97 Å². The molecule has 0 spiro atoms. The summed E-state index contributed by atoms with van der Waals surface area (Å²) in [5.74, 6) is -0.856. The Morgan fingerprint density at radius 2 is 2.12 bits per heavy atom. The number of benzene rings is 1. The Morgan fingerprint density at radius 3 is 2.53 bits per heavy atom. The van der Waals surface area contributed by atoms with Gasteiger partial charge in [0.05, 0.1) is 12.5 Å². The van der Waals surface area contributed by atoms with Crippen LogP contribution in [0, 0.1) is 12.7 Å². The zero-order valence-corrected chi connectivity index (χ0v) is 9.92. The van der Waals surface area contributed by atoms with E-state index in [1.54, 1.807) is 6.92 Å². The fourth-order valence-electron chi connectivity index (χ4n) is 2.44. The van der Waals surface area contributed by atoms with Crippen LogP contribution in [0.4, 0.5) is 4.39 Å². The number of halogens is 1. The Bertz CT molecular complexity index is 464. The molecular formula is C13H15FO3. The van der Waals surface area contributed by atoms with E-state index in [1.807, 2.05) is 0 Å². The molecule has 2 rings (SSSR count). The maximum atomic E-state index is 13.4. The molecule has 1 aromatic rings. The van der Waals surface area contributed by atoms with Crippen molar-refractivity contribution in [2.75, 3.05) is 7.11 Å². The molecule has 0 saturated heterocycles. The molecule has 0 radical (unpaired) electrons. The molecule has 0 heterocycles. The second kappa shape index (κ2) is 4.02. The molecule has 1 N–H and O–H groups in total. The van der Waals surface area contributed by atoms with Crippen LogP contribution in [0.1, 0.15) is 30.4 Å². The number of methoxy groups -OCH3 is 1. The standard InChI is InChI=1S/C13H15FO3/c1-8-10(14)5-4-9(11(8)17-2)13(12(15)16)6-3-7-13/h4-5H,3,6-7H2,1-2H3,(H,15,16). The van der Waals surface area contributed by atoms with E-state index in [0.717, 1.165) is 6.42 Å². The molecule has 0 aromatic heterocycles. The molecule has 17 heavy (non-hydrogen) atoms. The monoisotopic (exact) mass is 238 g/mol. The first-order valence-electron chi connectivity index (χ1n) is 5.60. The third kappa shape index (κ3) is 1.59. The van der Waals surface area contributed by atoms with Gasteiger partial charge < -0.3 is 9.84 Å². The summed E-state index contributed by atoms with van der Waals surface area (Å²) in [5.41, 5.74) is 0.0826. The quantitative estimate of drug-likeness (QED) is 0.880. The van der Waals surface area contributed by atoms with Crippen molar-refractivity contribution < 1.29 is 19.0 Å². The average Bonchev–Trinajstić information content (AvgIpc) is 2.21. The molecule has 0 amide bonds. The van der Waals surface area contributed by atoms with Crippen molar-refractivity contribution in [3.05, 3.63) is 29.1 Å². The number of rotatable bonds is 3. The number of aliphatic carboxylic acids is 1. The largest absolute Gasteiger partial charge is 0.496 e. The Kier molecular flexibility index (Phi) is 2.81. The number of hydrogen-bond donors (Lipinski definition) is 1. The molecule has 0 bridgehead atoms. The molecule has 1 aromatic carbocycles. The lowest BCUT2D eigenvalue weighted by molar-refractivity contribution is -0.147. The van der Waals surface area contributed by atoms with Crippen molar-refractivity contribution in [3.8, 4) is 5.75 Å². The SMILES string of the molecule is COc1c(C2(C(=O)O)CCC2)ccc(F)c1C. The lowest BCUT2D eigenvalue weighted by atomic mass is 9.64. The zero-order valence-electron chi connectivity index (χ0n) is 9.92. The van der Waals surface area contributed by atoms with E-state index < -0.39 is 11.4 Å². The van der Waals surface area contributed by atoms with Crippen molar-refractivity contribution >= 4 is 5.97 Å². The number of carboxylic acid groups (broad SMARTS) is 1. The van der Waals surface area contributed by atoms with E-state index >= 15 is 0 Å². The van der Waals surface area contributed by atoms with Gasteiger partial charge in [0.15, 0.2) is 0 Å². The highest BCUT2D eigenvalue weighted by molar-refractivity contribution is 5.84. The normalized spacial score (nSPS) is 17.4. The fraction of sp³-hybridized carbons (Fsp3) is 0.462. The molecular weight excluding hydrogens is 223 g/mol. The van der Waals surface area contributed by atoms with Crippen LogP contribution < -0.4 is 4.74 Å². The maximum Gasteiger partial charge on any atom is 0.314 e. The number of ether oxygens (including phenoxy) is 1. The molecule has 0 unspecified atom stereocenters. The van der Waals surface area contributed by atoms with Gasteiger partial charge in [0.1, 0.15) is 11.6 Å². The summed E-state index contributed by atoms with van der Waals surface area (Å²) in [6.07, 6.45) is 2.05. The van der Waals surface area contributed by atoms with E-state index in [1.165, 1.54) is 19.2 Å². The molecule has 92 valence electrons. The Balaban J connectivity index is 2.59. The van der Waals surface area contributed by atoms with Gasteiger partial charge in [-0.25, -0.2) is 4.39 Å². The highest BCUT2D eigenvalue weighted by Crippen LogP contribution is 2.48. The van der Waals surface area contributed by atoms with Crippen LogP contribution in [0.3, 0.4) is 0 Å². The van der Waals surface area contributed by atoms with E-state index in [4.69, 9.17) is 4.74 Å². The second-order valence-corrected chi connectivity index (χ2v) is 4.49. The minimum Gasteiger partial charge on any atom is -0.496 e. The summed E-state index contributed by atoms with van der Waals surface area (Å²) in [6.45, 7) is 1.60. The highest BCUT2D eigenvalue weighted by atomic mass is 19.1. The number of hydrogen-bond acceptors (Lipinski definition) is 2. The first-order valence-corrected chi connectivity index (χ1v) is 5.60. The Labute approximate surface area is 99.2 Å². The first-order chi connectivity index (χ1) is 8.03. The van der Waals surface area contributed by atoms with Gasteiger partial charge in [-0.3, -0.25) is 4.79 Å². The van der Waals surface area contributed by atoms with Gasteiger partial charge in [0, 0.05) is 11.1 Å². The summed E-state index contributed by atoms with van der Waals surface area (Å²) < 4.78 is 18.6. The second-order valence-electron chi connectivity index (χ2n) is 4.49. The van der Waals surface area contributed by atoms with Crippen LogP contribution in [0.5, 0.6) is 5.75 Å². The van der Waals surface area contributed by atoms with Crippen molar-refractivity contribution in [1.82, 2.24) is 0 Å². The summed E-state index contributed by atoms with van der Waals surface area (Å²) >= 11 is 0. The van der Waals surface area contributed by atoms with E-state index in [0.29, 0.717) is 29.7 Å². The molecule has 1 aliphatic carbocycles. The van der Waals surface area contributed by atoms with E-state index in [2.05, 4.69) is 0 Å². The van der Waals surface area contributed by atoms with Gasteiger partial charge in [-0.15, -0.1) is 0 Å². The summed E-state index contributed by atoms with van der Waals surface area (Å²) in [7, 11) is 1.44. The van der Waals surface area contributed by atoms with Crippen molar-refractivity contribution in [2.45, 2.75) is 31.6 Å². The van der Waals surface area contributed by atoms with Crippen molar-refractivity contribution in [3.63, 3.8) is 0 Å². The molecule has 0 aliphatic heterocycles. The first kappa shape index (κ1) is 11.9. The average molecular weight is 238 g/mol. The van der Waals surface area contributed by atoms with E-state index in [-0.39, 0.29) is 5.82 Å². The molecule has 4 heteroatoms. The molecule has 0 atom stereocenters. The zero-order chi connectivity index (χ0) is 12.6. The van der Waals surface area contributed by atoms with E-state index in [9.17, 15) is 14.3 Å². The van der Waals surface area contributed by atoms with Crippen LogP contribution in [-0.2, 0) is 10.2 Å². The Morgan fingerprint density at radius 1 is 1.47 bits per heavy atom. The molecule has 1 saturated carbocycles. The lowest BCUT2D eigenvalue weighted by Gasteiger charge is -2.39. The third-order valence-corrected chi connectivity index (χ3v) is 3.68. The minimum absolute atomic E-state index is 0.368. The predicted octanol–water partition coefficient (Wildman–Crippen LogP) is 2.65. The number of carbonyl (C=O) groups is 1. The minimum atomic E-state index is -0.885.